The van der Waals surface area contributed by atoms with Crippen LogP contribution in [0, 0.1) is 16.7 Å². The average Bonchev–Trinajstić information content (AvgIpc) is 3.21. The zero-order valence-corrected chi connectivity index (χ0v) is 20.2. The molecule has 166 valence electrons. The molecule has 1 N–H and O–H groups in total. The zero-order chi connectivity index (χ0) is 22.9. The third kappa shape index (κ3) is 4.09. The van der Waals surface area contributed by atoms with Gasteiger partial charge < -0.3 is 10.2 Å². The van der Waals surface area contributed by atoms with E-state index in [0.717, 1.165) is 59.3 Å². The van der Waals surface area contributed by atoms with Gasteiger partial charge in [-0.05, 0) is 67.2 Å². The van der Waals surface area contributed by atoms with E-state index in [-0.39, 0.29) is 17.4 Å². The Bertz CT molecular complexity index is 1170. The standard InChI is InChI=1S/C24H27BrN6O/c1-4-24(23(32)29-16(2)3)7-9-30(10-8-24)21-6-5-17(13-27-21)20-11-19(25)15-31-22(20)18(12-26)14-28-31/h5-6,11,13-16H,4,7-10H2,1-3H3,(H,29,32). The molecule has 32 heavy (non-hydrogen) atoms. The molecule has 0 bridgehead atoms. The Balaban J connectivity index is 1.55. The number of hydrogen-bond acceptors (Lipinski definition) is 5. The molecular weight excluding hydrogens is 468 g/mol. The van der Waals surface area contributed by atoms with E-state index in [1.165, 1.54) is 0 Å². The molecule has 0 spiro atoms. The predicted molar refractivity (Wildman–Crippen MR) is 128 cm³/mol. The van der Waals surface area contributed by atoms with E-state index >= 15 is 0 Å². The van der Waals surface area contributed by atoms with E-state index in [1.54, 1.807) is 10.7 Å². The highest BCUT2D eigenvalue weighted by Crippen LogP contribution is 2.37. The minimum Gasteiger partial charge on any atom is -0.357 e. The molecule has 1 amide bonds. The van der Waals surface area contributed by atoms with Gasteiger partial charge in [0.15, 0.2) is 0 Å². The summed E-state index contributed by atoms with van der Waals surface area (Å²) in [6, 6.07) is 8.40. The van der Waals surface area contributed by atoms with E-state index in [0.29, 0.717) is 5.56 Å². The van der Waals surface area contributed by atoms with Crippen LogP contribution in [0.4, 0.5) is 5.82 Å². The van der Waals surface area contributed by atoms with Gasteiger partial charge in [-0.15, -0.1) is 0 Å². The van der Waals surface area contributed by atoms with Crippen LogP contribution in [-0.2, 0) is 4.79 Å². The monoisotopic (exact) mass is 494 g/mol. The number of hydrogen-bond donors (Lipinski definition) is 1. The number of halogens is 1. The Kier molecular flexibility index (Phi) is 6.20. The molecular formula is C24H27BrN6O. The summed E-state index contributed by atoms with van der Waals surface area (Å²) < 4.78 is 2.59. The summed E-state index contributed by atoms with van der Waals surface area (Å²) in [5.74, 6) is 1.08. The van der Waals surface area contributed by atoms with Gasteiger partial charge in [0, 0.05) is 47.1 Å². The fourth-order valence-electron chi connectivity index (χ4n) is 4.44. The van der Waals surface area contributed by atoms with Crippen LogP contribution in [0.5, 0.6) is 0 Å². The molecule has 4 rings (SSSR count). The van der Waals surface area contributed by atoms with Gasteiger partial charge in [-0.2, -0.15) is 10.4 Å². The van der Waals surface area contributed by atoms with Gasteiger partial charge in [-0.1, -0.05) is 6.92 Å². The van der Waals surface area contributed by atoms with Crippen molar-refractivity contribution in [3.8, 4) is 17.2 Å². The molecule has 0 radical (unpaired) electrons. The van der Waals surface area contributed by atoms with Crippen LogP contribution in [-0.4, -0.2) is 39.6 Å². The first kappa shape index (κ1) is 22.3. The molecule has 1 fully saturated rings. The molecule has 0 saturated carbocycles. The predicted octanol–water partition coefficient (Wildman–Crippen LogP) is 4.55. The van der Waals surface area contributed by atoms with E-state index in [4.69, 9.17) is 4.98 Å². The summed E-state index contributed by atoms with van der Waals surface area (Å²) in [6.45, 7) is 7.71. The summed E-state index contributed by atoms with van der Waals surface area (Å²) >= 11 is 3.53. The first-order valence-electron chi connectivity index (χ1n) is 11.0. The Hall–Kier alpha value is -2.92. The van der Waals surface area contributed by atoms with Crippen molar-refractivity contribution in [2.24, 2.45) is 5.41 Å². The van der Waals surface area contributed by atoms with Gasteiger partial charge in [0.1, 0.15) is 11.9 Å². The maximum atomic E-state index is 12.8. The smallest absolute Gasteiger partial charge is 0.226 e. The highest BCUT2D eigenvalue weighted by molar-refractivity contribution is 9.10. The molecule has 0 unspecified atom stereocenters. The van der Waals surface area contributed by atoms with Crippen molar-refractivity contribution in [1.29, 1.82) is 5.26 Å². The summed E-state index contributed by atoms with van der Waals surface area (Å²) in [5, 5.41) is 16.9. The quantitative estimate of drug-likeness (QED) is 0.561. The summed E-state index contributed by atoms with van der Waals surface area (Å²) in [4.78, 5) is 19.8. The van der Waals surface area contributed by atoms with E-state index in [9.17, 15) is 10.1 Å². The molecule has 3 aromatic rings. The van der Waals surface area contributed by atoms with E-state index in [1.807, 2.05) is 44.4 Å². The molecule has 3 aromatic heterocycles. The number of aromatic nitrogens is 3. The number of fused-ring (bicyclic) bond motifs is 1. The van der Waals surface area contributed by atoms with Gasteiger partial charge >= 0.3 is 0 Å². The second-order valence-electron chi connectivity index (χ2n) is 8.69. The van der Waals surface area contributed by atoms with Gasteiger partial charge in [0.2, 0.25) is 5.91 Å². The van der Waals surface area contributed by atoms with Gasteiger partial charge in [0.25, 0.3) is 0 Å². The fourth-order valence-corrected chi connectivity index (χ4v) is 4.87. The molecule has 1 aliphatic heterocycles. The van der Waals surface area contributed by atoms with Crippen molar-refractivity contribution in [3.63, 3.8) is 0 Å². The first-order chi connectivity index (χ1) is 15.4. The van der Waals surface area contributed by atoms with Crippen LogP contribution in [0.15, 0.2) is 41.3 Å². The van der Waals surface area contributed by atoms with E-state index in [2.05, 4.69) is 44.2 Å². The SMILES string of the molecule is CCC1(C(=O)NC(C)C)CCN(c2ccc(-c3cc(Br)cn4ncc(C#N)c34)cn2)CC1. The third-order valence-corrected chi connectivity index (χ3v) is 6.81. The maximum absolute atomic E-state index is 12.8. The average molecular weight is 495 g/mol. The lowest BCUT2D eigenvalue weighted by Gasteiger charge is -2.41. The largest absolute Gasteiger partial charge is 0.357 e. The Morgan fingerprint density at radius 3 is 2.66 bits per heavy atom. The van der Waals surface area contributed by atoms with Crippen LogP contribution in [0.1, 0.15) is 45.6 Å². The second-order valence-corrected chi connectivity index (χ2v) is 9.61. The lowest BCUT2D eigenvalue weighted by atomic mass is 9.75. The second kappa shape index (κ2) is 8.91. The number of carbonyl (C=O) groups excluding carboxylic acids is 1. The normalized spacial score (nSPS) is 15.7. The van der Waals surface area contributed by atoms with Crippen molar-refractivity contribution in [2.45, 2.75) is 46.1 Å². The maximum Gasteiger partial charge on any atom is 0.226 e. The Morgan fingerprint density at radius 2 is 2.06 bits per heavy atom. The number of anilines is 1. The fraction of sp³-hybridized carbons (Fsp3) is 0.417. The minimum absolute atomic E-state index is 0.153. The highest BCUT2D eigenvalue weighted by atomic mass is 79.9. The number of carbonyl (C=O) groups is 1. The molecule has 0 aromatic carbocycles. The van der Waals surface area contributed by atoms with Crippen LogP contribution in [0.25, 0.3) is 16.6 Å². The van der Waals surface area contributed by atoms with Crippen molar-refractivity contribution < 1.29 is 4.79 Å². The molecule has 1 aliphatic rings. The third-order valence-electron chi connectivity index (χ3n) is 6.38. The molecule has 1 saturated heterocycles. The number of nitrogens with one attached hydrogen (secondary N) is 1. The summed E-state index contributed by atoms with van der Waals surface area (Å²) in [6.07, 6.45) is 7.74. The zero-order valence-electron chi connectivity index (χ0n) is 18.6. The molecule has 8 heteroatoms. The number of nitrogens with zero attached hydrogens (tertiary/aromatic N) is 5. The topological polar surface area (TPSA) is 86.3 Å². The minimum atomic E-state index is -0.293. The van der Waals surface area contributed by atoms with Crippen molar-refractivity contribution in [2.75, 3.05) is 18.0 Å². The molecule has 0 atom stereocenters. The number of pyridine rings is 2. The van der Waals surface area contributed by atoms with Gasteiger partial charge in [-0.3, -0.25) is 4.79 Å². The molecule has 4 heterocycles. The number of nitriles is 1. The lowest BCUT2D eigenvalue weighted by Crippen LogP contribution is -2.50. The summed E-state index contributed by atoms with van der Waals surface area (Å²) in [5.41, 5.74) is 2.84. The van der Waals surface area contributed by atoms with E-state index < -0.39 is 0 Å². The number of amides is 1. The van der Waals surface area contributed by atoms with Crippen LogP contribution < -0.4 is 10.2 Å². The van der Waals surface area contributed by atoms with Gasteiger partial charge in [-0.25, -0.2) is 9.50 Å². The number of piperidine rings is 1. The van der Waals surface area contributed by atoms with Gasteiger partial charge in [0.05, 0.1) is 22.7 Å². The molecule has 7 nitrogen and oxygen atoms in total. The van der Waals surface area contributed by atoms with Crippen LogP contribution >= 0.6 is 15.9 Å². The summed E-state index contributed by atoms with van der Waals surface area (Å²) in [7, 11) is 0. The number of rotatable bonds is 5. The van der Waals surface area contributed by atoms with Crippen molar-refractivity contribution in [3.05, 3.63) is 46.8 Å². The van der Waals surface area contributed by atoms with Crippen molar-refractivity contribution >= 4 is 33.2 Å². The Labute approximate surface area is 196 Å². The first-order valence-corrected chi connectivity index (χ1v) is 11.8. The van der Waals surface area contributed by atoms with Crippen molar-refractivity contribution in [1.82, 2.24) is 19.9 Å². The van der Waals surface area contributed by atoms with Crippen LogP contribution in [0.3, 0.4) is 0 Å². The Morgan fingerprint density at radius 1 is 1.31 bits per heavy atom. The lowest BCUT2D eigenvalue weighted by molar-refractivity contribution is -0.133. The molecule has 0 aliphatic carbocycles. The van der Waals surface area contributed by atoms with Crippen LogP contribution in [0.2, 0.25) is 0 Å². The highest BCUT2D eigenvalue weighted by Gasteiger charge is 2.40.